The molecule has 1 saturated heterocycles. The van der Waals surface area contributed by atoms with Gasteiger partial charge in [0.2, 0.25) is 10.0 Å². The van der Waals surface area contributed by atoms with Gasteiger partial charge >= 0.3 is 0 Å². The van der Waals surface area contributed by atoms with E-state index >= 15 is 0 Å². The molecule has 0 unspecified atom stereocenters. The Kier molecular flexibility index (Phi) is 6.46. The summed E-state index contributed by atoms with van der Waals surface area (Å²) >= 11 is 0. The Balaban J connectivity index is 1.69. The minimum absolute atomic E-state index is 0.0508. The molecule has 7 nitrogen and oxygen atoms in total. The highest BCUT2D eigenvalue weighted by molar-refractivity contribution is 7.89. The van der Waals surface area contributed by atoms with Gasteiger partial charge < -0.3 is 15.3 Å². The number of guanidine groups is 1. The zero-order valence-corrected chi connectivity index (χ0v) is 14.1. The molecule has 0 aromatic carbocycles. The fourth-order valence-corrected chi connectivity index (χ4v) is 3.73. The van der Waals surface area contributed by atoms with Gasteiger partial charge in [-0.1, -0.05) is 6.42 Å². The summed E-state index contributed by atoms with van der Waals surface area (Å²) < 4.78 is 26.5. The summed E-state index contributed by atoms with van der Waals surface area (Å²) in [7, 11) is -1.53. The van der Waals surface area contributed by atoms with Gasteiger partial charge in [-0.25, -0.2) is 13.1 Å². The van der Waals surface area contributed by atoms with Crippen molar-refractivity contribution >= 4 is 16.0 Å². The Morgan fingerprint density at radius 2 is 1.95 bits per heavy atom. The van der Waals surface area contributed by atoms with E-state index in [0.717, 1.165) is 38.8 Å². The predicted molar refractivity (Wildman–Crippen MR) is 87.3 cm³/mol. The number of hydrogen-bond acceptors (Lipinski definition) is 4. The fourth-order valence-electron chi connectivity index (χ4n) is 2.72. The van der Waals surface area contributed by atoms with Gasteiger partial charge in [0.25, 0.3) is 0 Å². The minimum Gasteiger partial charge on any atom is -0.393 e. The van der Waals surface area contributed by atoms with Crippen molar-refractivity contribution < 1.29 is 13.5 Å². The largest absolute Gasteiger partial charge is 0.393 e. The molecule has 1 saturated carbocycles. The molecule has 0 radical (unpaired) electrons. The van der Waals surface area contributed by atoms with E-state index in [1.165, 1.54) is 6.42 Å². The van der Waals surface area contributed by atoms with E-state index in [1.807, 2.05) is 0 Å². The van der Waals surface area contributed by atoms with Crippen molar-refractivity contribution in [2.24, 2.45) is 10.9 Å². The molecule has 0 atom stereocenters. The van der Waals surface area contributed by atoms with Gasteiger partial charge in [-0.15, -0.1) is 0 Å². The highest BCUT2D eigenvalue weighted by Crippen LogP contribution is 2.25. The molecule has 0 bridgehead atoms. The van der Waals surface area contributed by atoms with E-state index in [0.29, 0.717) is 25.0 Å². The first-order valence-electron chi connectivity index (χ1n) is 8.11. The summed E-state index contributed by atoms with van der Waals surface area (Å²) in [5, 5.41) is 12.6. The smallest absolute Gasteiger partial charge is 0.213 e. The maximum absolute atomic E-state index is 11.9. The van der Waals surface area contributed by atoms with Gasteiger partial charge in [-0.05, 0) is 31.6 Å². The normalized spacial score (nSPS) is 21.7. The molecule has 8 heteroatoms. The molecule has 22 heavy (non-hydrogen) atoms. The van der Waals surface area contributed by atoms with Crippen molar-refractivity contribution in [1.82, 2.24) is 14.9 Å². The molecule has 1 aliphatic heterocycles. The Hall–Kier alpha value is -0.860. The van der Waals surface area contributed by atoms with Crippen molar-refractivity contribution in [1.29, 1.82) is 0 Å². The van der Waals surface area contributed by atoms with Crippen LogP contribution in [0.4, 0.5) is 0 Å². The van der Waals surface area contributed by atoms with Crippen LogP contribution in [0.5, 0.6) is 0 Å². The Bertz CT molecular complexity index is 468. The lowest BCUT2D eigenvalue weighted by molar-refractivity contribution is 0.108. The first-order chi connectivity index (χ1) is 10.5. The third-order valence-corrected chi connectivity index (χ3v) is 5.79. The van der Waals surface area contributed by atoms with Gasteiger partial charge in [-0.2, -0.15) is 0 Å². The van der Waals surface area contributed by atoms with E-state index < -0.39 is 10.0 Å². The summed E-state index contributed by atoms with van der Waals surface area (Å²) in [6.07, 6.45) is 4.70. The van der Waals surface area contributed by atoms with Crippen LogP contribution in [-0.4, -0.2) is 69.5 Å². The summed E-state index contributed by atoms with van der Waals surface area (Å²) in [6.45, 7) is 2.40. The predicted octanol–water partition coefficient (Wildman–Crippen LogP) is -0.262. The summed E-state index contributed by atoms with van der Waals surface area (Å²) in [6, 6.07) is 0. The molecule has 0 amide bonds. The van der Waals surface area contributed by atoms with E-state index in [-0.39, 0.29) is 11.9 Å². The highest BCUT2D eigenvalue weighted by atomic mass is 32.2. The maximum atomic E-state index is 11.9. The van der Waals surface area contributed by atoms with E-state index in [1.54, 1.807) is 7.05 Å². The van der Waals surface area contributed by atoms with Crippen LogP contribution < -0.4 is 10.0 Å². The molecule has 3 N–H and O–H groups in total. The summed E-state index contributed by atoms with van der Waals surface area (Å²) in [5.41, 5.74) is 0. The first-order valence-corrected chi connectivity index (χ1v) is 9.76. The Morgan fingerprint density at radius 1 is 1.27 bits per heavy atom. The number of aliphatic hydroxyl groups excluding tert-OH is 1. The maximum Gasteiger partial charge on any atom is 0.213 e. The van der Waals surface area contributed by atoms with Gasteiger partial charge in [0.1, 0.15) is 0 Å². The molecule has 2 fully saturated rings. The SMILES string of the molecule is CN=C(NCCS(=O)(=O)NCC1CCC1)N1CCC(O)CC1. The van der Waals surface area contributed by atoms with Crippen LogP contribution in [0.3, 0.4) is 0 Å². The topological polar surface area (TPSA) is 94.0 Å². The molecule has 128 valence electrons. The molecule has 0 aromatic heterocycles. The molecule has 2 rings (SSSR count). The van der Waals surface area contributed by atoms with Crippen LogP contribution in [-0.2, 0) is 10.0 Å². The number of sulfonamides is 1. The van der Waals surface area contributed by atoms with Crippen LogP contribution >= 0.6 is 0 Å². The second-order valence-electron chi connectivity index (χ2n) is 6.16. The van der Waals surface area contributed by atoms with Gasteiger partial charge in [0, 0.05) is 33.2 Å². The van der Waals surface area contributed by atoms with Gasteiger partial charge in [0.15, 0.2) is 5.96 Å². The fraction of sp³-hybridized carbons (Fsp3) is 0.929. The molecule has 1 heterocycles. The standard InChI is InChI=1S/C14H28N4O3S/c1-15-14(18-8-5-13(19)6-9-18)16-7-10-22(20,21)17-11-12-3-2-4-12/h12-13,17,19H,2-11H2,1H3,(H,15,16). The van der Waals surface area contributed by atoms with Crippen LogP contribution in [0.15, 0.2) is 4.99 Å². The Labute approximate surface area is 133 Å². The number of likely N-dealkylation sites (tertiary alicyclic amines) is 1. The third kappa shape index (κ3) is 5.40. The second-order valence-corrected chi connectivity index (χ2v) is 8.08. The lowest BCUT2D eigenvalue weighted by Gasteiger charge is -2.32. The zero-order chi connectivity index (χ0) is 16.0. The summed E-state index contributed by atoms with van der Waals surface area (Å²) in [4.78, 5) is 6.24. The number of nitrogens with zero attached hydrogens (tertiary/aromatic N) is 2. The number of aliphatic imine (C=N–C) groups is 1. The average Bonchev–Trinajstić information content (AvgIpc) is 2.43. The molecular formula is C14H28N4O3S. The minimum atomic E-state index is -3.22. The van der Waals surface area contributed by atoms with Crippen molar-refractivity contribution in [3.05, 3.63) is 0 Å². The Morgan fingerprint density at radius 3 is 2.50 bits per heavy atom. The second kappa shape index (κ2) is 8.12. The molecular weight excluding hydrogens is 304 g/mol. The van der Waals surface area contributed by atoms with Crippen LogP contribution in [0.25, 0.3) is 0 Å². The monoisotopic (exact) mass is 332 g/mol. The number of hydrogen-bond donors (Lipinski definition) is 3. The van der Waals surface area contributed by atoms with Crippen LogP contribution in [0, 0.1) is 5.92 Å². The number of aliphatic hydroxyl groups is 1. The van der Waals surface area contributed by atoms with Crippen LogP contribution in [0.2, 0.25) is 0 Å². The van der Waals surface area contributed by atoms with Crippen molar-refractivity contribution in [3.63, 3.8) is 0 Å². The molecule has 0 aromatic rings. The molecule has 0 spiro atoms. The number of piperidine rings is 1. The number of nitrogens with one attached hydrogen (secondary N) is 2. The van der Waals surface area contributed by atoms with Gasteiger partial charge in [0.05, 0.1) is 11.9 Å². The van der Waals surface area contributed by atoms with Crippen molar-refractivity contribution in [2.45, 2.75) is 38.2 Å². The number of rotatable bonds is 6. The van der Waals surface area contributed by atoms with E-state index in [4.69, 9.17) is 0 Å². The van der Waals surface area contributed by atoms with Crippen LogP contribution in [0.1, 0.15) is 32.1 Å². The lowest BCUT2D eigenvalue weighted by Crippen LogP contribution is -2.48. The zero-order valence-electron chi connectivity index (χ0n) is 13.3. The van der Waals surface area contributed by atoms with Crippen molar-refractivity contribution in [2.75, 3.05) is 39.0 Å². The van der Waals surface area contributed by atoms with E-state index in [2.05, 4.69) is 19.9 Å². The highest BCUT2D eigenvalue weighted by Gasteiger charge is 2.21. The van der Waals surface area contributed by atoms with Gasteiger partial charge in [-0.3, -0.25) is 4.99 Å². The third-order valence-electron chi connectivity index (χ3n) is 4.45. The summed E-state index contributed by atoms with van der Waals surface area (Å²) in [5.74, 6) is 1.28. The quantitative estimate of drug-likeness (QED) is 0.460. The van der Waals surface area contributed by atoms with Crippen molar-refractivity contribution in [3.8, 4) is 0 Å². The van der Waals surface area contributed by atoms with E-state index in [9.17, 15) is 13.5 Å². The first kappa shape index (κ1) is 17.5. The molecule has 2 aliphatic rings. The average molecular weight is 332 g/mol. The molecule has 1 aliphatic carbocycles. The lowest BCUT2D eigenvalue weighted by atomic mass is 9.86.